The SMILES string of the molecule is CCCC(NCC(=O)NCCOc1ccccc1)C(=O)O. The van der Waals surface area contributed by atoms with E-state index in [-0.39, 0.29) is 12.5 Å². The van der Waals surface area contributed by atoms with Crippen molar-refractivity contribution in [2.75, 3.05) is 19.7 Å². The molecule has 0 aliphatic heterocycles. The number of amides is 1. The molecule has 6 heteroatoms. The Morgan fingerprint density at radius 3 is 2.62 bits per heavy atom. The maximum Gasteiger partial charge on any atom is 0.320 e. The summed E-state index contributed by atoms with van der Waals surface area (Å²) >= 11 is 0. The number of carbonyl (C=O) groups is 2. The number of hydrogen-bond acceptors (Lipinski definition) is 4. The summed E-state index contributed by atoms with van der Waals surface area (Å²) in [6.07, 6.45) is 1.25. The monoisotopic (exact) mass is 294 g/mol. The molecule has 0 aromatic heterocycles. The van der Waals surface area contributed by atoms with Crippen molar-refractivity contribution in [2.45, 2.75) is 25.8 Å². The molecule has 3 N–H and O–H groups in total. The summed E-state index contributed by atoms with van der Waals surface area (Å²) in [4.78, 5) is 22.5. The van der Waals surface area contributed by atoms with Gasteiger partial charge in [-0.05, 0) is 18.6 Å². The molecular weight excluding hydrogens is 272 g/mol. The molecule has 6 nitrogen and oxygen atoms in total. The van der Waals surface area contributed by atoms with Gasteiger partial charge in [-0.2, -0.15) is 0 Å². The van der Waals surface area contributed by atoms with E-state index in [1.807, 2.05) is 37.3 Å². The van der Waals surface area contributed by atoms with E-state index in [1.54, 1.807) is 0 Å². The Morgan fingerprint density at radius 1 is 1.29 bits per heavy atom. The van der Waals surface area contributed by atoms with Crippen LogP contribution in [0.3, 0.4) is 0 Å². The van der Waals surface area contributed by atoms with Crippen LogP contribution in [-0.2, 0) is 9.59 Å². The van der Waals surface area contributed by atoms with Crippen LogP contribution in [0.25, 0.3) is 0 Å². The summed E-state index contributed by atoms with van der Waals surface area (Å²) in [6, 6.07) is 8.64. The summed E-state index contributed by atoms with van der Waals surface area (Å²) in [5.41, 5.74) is 0. The van der Waals surface area contributed by atoms with Crippen LogP contribution < -0.4 is 15.4 Å². The van der Waals surface area contributed by atoms with Gasteiger partial charge in [0.15, 0.2) is 0 Å². The lowest BCUT2D eigenvalue weighted by atomic mass is 10.2. The molecule has 0 spiro atoms. The number of aliphatic carboxylic acids is 1. The molecule has 0 aliphatic rings. The van der Waals surface area contributed by atoms with Gasteiger partial charge in [-0.25, -0.2) is 0 Å². The molecule has 1 amide bonds. The van der Waals surface area contributed by atoms with E-state index in [0.29, 0.717) is 19.6 Å². The zero-order valence-electron chi connectivity index (χ0n) is 12.2. The average molecular weight is 294 g/mol. The van der Waals surface area contributed by atoms with Crippen molar-refractivity contribution in [1.82, 2.24) is 10.6 Å². The predicted molar refractivity (Wildman–Crippen MR) is 79.3 cm³/mol. The Bertz CT molecular complexity index is 437. The van der Waals surface area contributed by atoms with Gasteiger partial charge in [-0.1, -0.05) is 31.5 Å². The number of carboxylic acid groups (broad SMARTS) is 1. The molecule has 0 saturated carbocycles. The molecule has 1 atom stereocenters. The van der Waals surface area contributed by atoms with Crippen molar-refractivity contribution in [1.29, 1.82) is 0 Å². The fraction of sp³-hybridized carbons (Fsp3) is 0.467. The van der Waals surface area contributed by atoms with E-state index >= 15 is 0 Å². The summed E-state index contributed by atoms with van der Waals surface area (Å²) in [5.74, 6) is -0.426. The zero-order valence-corrected chi connectivity index (χ0v) is 12.2. The van der Waals surface area contributed by atoms with Crippen molar-refractivity contribution in [3.8, 4) is 5.75 Å². The first kappa shape index (κ1) is 17.0. The second-order valence-electron chi connectivity index (χ2n) is 4.57. The fourth-order valence-electron chi connectivity index (χ4n) is 1.76. The van der Waals surface area contributed by atoms with Gasteiger partial charge in [0.2, 0.25) is 5.91 Å². The Labute approximate surface area is 124 Å². The number of nitrogens with one attached hydrogen (secondary N) is 2. The van der Waals surface area contributed by atoms with E-state index in [0.717, 1.165) is 12.2 Å². The van der Waals surface area contributed by atoms with E-state index in [1.165, 1.54) is 0 Å². The van der Waals surface area contributed by atoms with Gasteiger partial charge >= 0.3 is 5.97 Å². The second kappa shape index (κ2) is 9.77. The Hall–Kier alpha value is -2.08. The summed E-state index contributed by atoms with van der Waals surface area (Å²) in [7, 11) is 0. The van der Waals surface area contributed by atoms with E-state index < -0.39 is 12.0 Å². The lowest BCUT2D eigenvalue weighted by molar-refractivity contribution is -0.139. The highest BCUT2D eigenvalue weighted by atomic mass is 16.5. The largest absolute Gasteiger partial charge is 0.492 e. The summed E-state index contributed by atoms with van der Waals surface area (Å²) in [5, 5.41) is 14.3. The molecule has 0 heterocycles. The minimum absolute atomic E-state index is 0.0116. The van der Waals surface area contributed by atoms with Crippen LogP contribution in [-0.4, -0.2) is 42.7 Å². The van der Waals surface area contributed by atoms with Crippen molar-refractivity contribution >= 4 is 11.9 Å². The smallest absolute Gasteiger partial charge is 0.320 e. The number of carbonyl (C=O) groups excluding carboxylic acids is 1. The number of hydrogen-bond donors (Lipinski definition) is 3. The number of carboxylic acids is 1. The number of rotatable bonds is 10. The molecule has 0 saturated heterocycles. The highest BCUT2D eigenvalue weighted by Gasteiger charge is 2.16. The molecule has 0 aliphatic carbocycles. The highest BCUT2D eigenvalue weighted by molar-refractivity contribution is 5.79. The lowest BCUT2D eigenvalue weighted by Crippen LogP contribution is -2.43. The van der Waals surface area contributed by atoms with Gasteiger partial charge in [-0.15, -0.1) is 0 Å². The first-order valence-electron chi connectivity index (χ1n) is 7.04. The zero-order chi connectivity index (χ0) is 15.5. The maximum atomic E-state index is 11.6. The molecule has 0 bridgehead atoms. The first-order chi connectivity index (χ1) is 10.1. The van der Waals surface area contributed by atoms with E-state index in [4.69, 9.17) is 9.84 Å². The molecule has 1 aromatic rings. The van der Waals surface area contributed by atoms with Gasteiger partial charge in [0.1, 0.15) is 18.4 Å². The minimum Gasteiger partial charge on any atom is -0.492 e. The van der Waals surface area contributed by atoms with Gasteiger partial charge in [0, 0.05) is 0 Å². The molecule has 1 rings (SSSR count). The van der Waals surface area contributed by atoms with Gasteiger partial charge < -0.3 is 15.2 Å². The van der Waals surface area contributed by atoms with Gasteiger partial charge in [0.25, 0.3) is 0 Å². The Morgan fingerprint density at radius 2 is 2.00 bits per heavy atom. The molecule has 116 valence electrons. The maximum absolute atomic E-state index is 11.6. The van der Waals surface area contributed by atoms with E-state index in [2.05, 4.69) is 10.6 Å². The number of benzene rings is 1. The molecule has 1 aromatic carbocycles. The molecule has 0 fully saturated rings. The van der Waals surface area contributed by atoms with Crippen molar-refractivity contribution in [3.63, 3.8) is 0 Å². The molecular formula is C15H22N2O4. The average Bonchev–Trinajstić information content (AvgIpc) is 2.48. The summed E-state index contributed by atoms with van der Waals surface area (Å²) < 4.78 is 5.43. The molecule has 1 unspecified atom stereocenters. The van der Waals surface area contributed by atoms with Crippen LogP contribution in [0.5, 0.6) is 5.75 Å². The number of ether oxygens (including phenoxy) is 1. The van der Waals surface area contributed by atoms with Crippen LogP contribution in [0.2, 0.25) is 0 Å². The van der Waals surface area contributed by atoms with Crippen molar-refractivity contribution < 1.29 is 19.4 Å². The van der Waals surface area contributed by atoms with Crippen LogP contribution in [0.4, 0.5) is 0 Å². The Balaban J connectivity index is 2.15. The molecule has 0 radical (unpaired) electrons. The Kier molecular flexibility index (Phi) is 7.89. The number of para-hydroxylation sites is 1. The van der Waals surface area contributed by atoms with Crippen LogP contribution in [0.15, 0.2) is 30.3 Å². The fourth-order valence-corrected chi connectivity index (χ4v) is 1.76. The van der Waals surface area contributed by atoms with E-state index in [9.17, 15) is 9.59 Å². The minimum atomic E-state index is -0.933. The quantitative estimate of drug-likeness (QED) is 0.561. The lowest BCUT2D eigenvalue weighted by Gasteiger charge is -2.13. The second-order valence-corrected chi connectivity index (χ2v) is 4.57. The van der Waals surface area contributed by atoms with Crippen LogP contribution in [0.1, 0.15) is 19.8 Å². The van der Waals surface area contributed by atoms with Crippen LogP contribution in [0, 0.1) is 0 Å². The molecule has 21 heavy (non-hydrogen) atoms. The standard InChI is InChI=1S/C15H22N2O4/c1-2-6-13(15(19)20)17-11-14(18)16-9-10-21-12-7-4-3-5-8-12/h3-5,7-8,13,17H,2,6,9-11H2,1H3,(H,16,18)(H,19,20). The summed E-state index contributed by atoms with van der Waals surface area (Å²) in [6.45, 7) is 2.63. The third-order valence-corrected chi connectivity index (χ3v) is 2.82. The van der Waals surface area contributed by atoms with Gasteiger partial charge in [0.05, 0.1) is 13.1 Å². The predicted octanol–water partition coefficient (Wildman–Crippen LogP) is 1.02. The third-order valence-electron chi connectivity index (χ3n) is 2.82. The highest BCUT2D eigenvalue weighted by Crippen LogP contribution is 2.07. The third kappa shape index (κ3) is 7.31. The van der Waals surface area contributed by atoms with Crippen molar-refractivity contribution in [2.24, 2.45) is 0 Å². The topological polar surface area (TPSA) is 87.7 Å². The van der Waals surface area contributed by atoms with Crippen LogP contribution >= 0.6 is 0 Å². The van der Waals surface area contributed by atoms with Crippen molar-refractivity contribution in [3.05, 3.63) is 30.3 Å². The first-order valence-corrected chi connectivity index (χ1v) is 7.04. The van der Waals surface area contributed by atoms with Gasteiger partial charge in [-0.3, -0.25) is 14.9 Å². The normalized spacial score (nSPS) is 11.7.